The van der Waals surface area contributed by atoms with Crippen LogP contribution in [0, 0.1) is 23.2 Å². The Hall–Kier alpha value is -3.37. The molecule has 0 atom stereocenters. The van der Waals surface area contributed by atoms with Gasteiger partial charge in [0, 0.05) is 17.5 Å². The smallest absolute Gasteiger partial charge is 0.119 e. The molecule has 0 aliphatic carbocycles. The number of rotatable bonds is 3. The summed E-state index contributed by atoms with van der Waals surface area (Å²) in [5.41, 5.74) is 3.16. The van der Waals surface area contributed by atoms with Crippen molar-refractivity contribution >= 4 is 10.9 Å². The maximum Gasteiger partial charge on any atom is 0.119 e. The fraction of sp³-hybridized carbons (Fsp3) is 0.190. The third-order valence-electron chi connectivity index (χ3n) is 4.11. The van der Waals surface area contributed by atoms with Gasteiger partial charge in [0.05, 0.1) is 25.3 Å². The molecule has 0 saturated heterocycles. The molecule has 25 heavy (non-hydrogen) atoms. The molecule has 0 aliphatic heterocycles. The van der Waals surface area contributed by atoms with Crippen LogP contribution < -0.4 is 9.47 Å². The van der Waals surface area contributed by atoms with E-state index in [-0.39, 0.29) is 0 Å². The quantitative estimate of drug-likeness (QED) is 0.683. The number of hydrogen-bond donors (Lipinski definition) is 0. The van der Waals surface area contributed by atoms with Gasteiger partial charge < -0.3 is 14.0 Å². The molecule has 4 nitrogen and oxygen atoms in total. The Bertz CT molecular complexity index is 1010. The Balaban J connectivity index is 2.15. The molecule has 3 aromatic rings. The molecule has 0 amide bonds. The summed E-state index contributed by atoms with van der Waals surface area (Å²) >= 11 is 0. The molecular weight excluding hydrogens is 312 g/mol. The third-order valence-corrected chi connectivity index (χ3v) is 4.11. The number of methoxy groups -OCH3 is 2. The van der Waals surface area contributed by atoms with Crippen molar-refractivity contribution < 1.29 is 9.47 Å². The van der Waals surface area contributed by atoms with Gasteiger partial charge in [-0.15, -0.1) is 0 Å². The molecule has 2 aromatic carbocycles. The number of aromatic nitrogens is 1. The van der Waals surface area contributed by atoms with Gasteiger partial charge in [-0.1, -0.05) is 5.92 Å². The first-order valence-corrected chi connectivity index (χ1v) is 7.98. The van der Waals surface area contributed by atoms with Crippen molar-refractivity contribution in [2.75, 3.05) is 14.2 Å². The molecule has 0 saturated carbocycles. The minimum absolute atomic E-state index is 0.580. The molecule has 124 valence electrons. The standard InChI is InChI=1S/C21H18N2O2/c1-4-23-20-12-10-17(25-3)13-18(20)19(14-22)21(23)11-7-15-5-8-16(24-2)9-6-15/h5-6,8-10,12-13H,4H2,1-3H3. The fourth-order valence-electron chi connectivity index (χ4n) is 2.84. The van der Waals surface area contributed by atoms with Crippen LogP contribution in [-0.2, 0) is 6.54 Å². The fourth-order valence-corrected chi connectivity index (χ4v) is 2.84. The monoisotopic (exact) mass is 330 g/mol. The second kappa shape index (κ2) is 7.03. The van der Waals surface area contributed by atoms with Crippen LogP contribution in [0.3, 0.4) is 0 Å². The highest BCUT2D eigenvalue weighted by Crippen LogP contribution is 2.29. The minimum Gasteiger partial charge on any atom is -0.497 e. The zero-order valence-corrected chi connectivity index (χ0v) is 14.5. The van der Waals surface area contributed by atoms with Crippen LogP contribution in [0.25, 0.3) is 10.9 Å². The number of benzene rings is 2. The SMILES string of the molecule is CCn1c(C#Cc2ccc(OC)cc2)c(C#N)c2cc(OC)ccc21. The van der Waals surface area contributed by atoms with E-state index in [0.717, 1.165) is 40.2 Å². The lowest BCUT2D eigenvalue weighted by molar-refractivity contribution is 0.415. The molecule has 0 spiro atoms. The third kappa shape index (κ3) is 3.03. The van der Waals surface area contributed by atoms with Crippen molar-refractivity contribution in [2.24, 2.45) is 0 Å². The van der Waals surface area contributed by atoms with Crippen molar-refractivity contribution in [1.29, 1.82) is 5.26 Å². The van der Waals surface area contributed by atoms with Crippen molar-refractivity contribution in [2.45, 2.75) is 13.5 Å². The topological polar surface area (TPSA) is 47.2 Å². The van der Waals surface area contributed by atoms with Crippen LogP contribution in [0.15, 0.2) is 42.5 Å². The minimum atomic E-state index is 0.580. The zero-order valence-electron chi connectivity index (χ0n) is 14.5. The Labute approximate surface area is 147 Å². The van der Waals surface area contributed by atoms with E-state index >= 15 is 0 Å². The van der Waals surface area contributed by atoms with E-state index in [1.807, 2.05) is 49.4 Å². The van der Waals surface area contributed by atoms with Crippen LogP contribution in [0.1, 0.15) is 23.7 Å². The van der Waals surface area contributed by atoms with Crippen molar-refractivity contribution in [3.8, 4) is 29.4 Å². The van der Waals surface area contributed by atoms with Gasteiger partial charge in [0.1, 0.15) is 23.3 Å². The predicted molar refractivity (Wildman–Crippen MR) is 97.9 cm³/mol. The average Bonchev–Trinajstić information content (AvgIpc) is 2.98. The summed E-state index contributed by atoms with van der Waals surface area (Å²) in [4.78, 5) is 0. The van der Waals surface area contributed by atoms with Gasteiger partial charge >= 0.3 is 0 Å². The predicted octanol–water partition coefficient (Wildman–Crippen LogP) is 3.95. The number of nitrogens with zero attached hydrogens (tertiary/aromatic N) is 2. The molecule has 3 rings (SSSR count). The van der Waals surface area contributed by atoms with Gasteiger partial charge in [-0.25, -0.2) is 0 Å². The van der Waals surface area contributed by atoms with Gasteiger partial charge in [0.15, 0.2) is 0 Å². The van der Waals surface area contributed by atoms with E-state index in [2.05, 4.69) is 22.5 Å². The number of fused-ring (bicyclic) bond motifs is 1. The summed E-state index contributed by atoms with van der Waals surface area (Å²) < 4.78 is 12.5. The van der Waals surface area contributed by atoms with E-state index in [1.165, 1.54) is 0 Å². The van der Waals surface area contributed by atoms with Crippen LogP contribution >= 0.6 is 0 Å². The number of nitriles is 1. The summed E-state index contributed by atoms with van der Waals surface area (Å²) in [6.45, 7) is 2.78. The molecule has 0 aliphatic rings. The Morgan fingerprint density at radius 3 is 2.24 bits per heavy atom. The molecule has 0 radical (unpaired) electrons. The van der Waals surface area contributed by atoms with Crippen molar-refractivity contribution in [1.82, 2.24) is 4.57 Å². The summed E-state index contributed by atoms with van der Waals surface area (Å²) in [6, 6.07) is 15.6. The normalized spacial score (nSPS) is 10.0. The van der Waals surface area contributed by atoms with Gasteiger partial charge in [-0.05, 0) is 55.3 Å². The number of hydrogen-bond acceptors (Lipinski definition) is 3. The highest BCUT2D eigenvalue weighted by Gasteiger charge is 2.15. The van der Waals surface area contributed by atoms with Gasteiger partial charge in [0.2, 0.25) is 0 Å². The number of aryl methyl sites for hydroxylation is 1. The summed E-state index contributed by atoms with van der Waals surface area (Å²) in [6.07, 6.45) is 0. The molecule has 0 N–H and O–H groups in total. The van der Waals surface area contributed by atoms with Crippen LogP contribution in [-0.4, -0.2) is 18.8 Å². The molecule has 0 unspecified atom stereocenters. The number of ether oxygens (including phenoxy) is 2. The summed E-state index contributed by atoms with van der Waals surface area (Å²) in [5, 5.41) is 10.5. The Morgan fingerprint density at radius 2 is 1.64 bits per heavy atom. The molecular formula is C21H18N2O2. The maximum absolute atomic E-state index is 9.67. The maximum atomic E-state index is 9.67. The highest BCUT2D eigenvalue weighted by molar-refractivity contribution is 5.90. The molecule has 0 fully saturated rings. The van der Waals surface area contributed by atoms with Gasteiger partial charge in [-0.2, -0.15) is 5.26 Å². The molecule has 4 heteroatoms. The van der Waals surface area contributed by atoms with E-state index in [0.29, 0.717) is 5.56 Å². The first kappa shape index (κ1) is 16.5. The lowest BCUT2D eigenvalue weighted by atomic mass is 10.1. The Kier molecular flexibility index (Phi) is 4.64. The lowest BCUT2D eigenvalue weighted by Gasteiger charge is -2.04. The summed E-state index contributed by atoms with van der Waals surface area (Å²) in [5.74, 6) is 7.83. The average molecular weight is 330 g/mol. The summed E-state index contributed by atoms with van der Waals surface area (Å²) in [7, 11) is 3.25. The van der Waals surface area contributed by atoms with E-state index in [1.54, 1.807) is 14.2 Å². The second-order valence-corrected chi connectivity index (χ2v) is 5.44. The largest absolute Gasteiger partial charge is 0.497 e. The highest BCUT2D eigenvalue weighted by atomic mass is 16.5. The second-order valence-electron chi connectivity index (χ2n) is 5.44. The lowest BCUT2D eigenvalue weighted by Crippen LogP contribution is -1.98. The molecule has 1 heterocycles. The van der Waals surface area contributed by atoms with Gasteiger partial charge in [-0.3, -0.25) is 0 Å². The molecule has 1 aromatic heterocycles. The molecule has 0 bridgehead atoms. The van der Waals surface area contributed by atoms with Gasteiger partial charge in [0.25, 0.3) is 0 Å². The first-order valence-electron chi connectivity index (χ1n) is 7.98. The van der Waals surface area contributed by atoms with Crippen LogP contribution in [0.4, 0.5) is 0 Å². The van der Waals surface area contributed by atoms with E-state index in [9.17, 15) is 5.26 Å². The zero-order chi connectivity index (χ0) is 17.8. The van der Waals surface area contributed by atoms with Crippen LogP contribution in [0.5, 0.6) is 11.5 Å². The van der Waals surface area contributed by atoms with E-state index < -0.39 is 0 Å². The van der Waals surface area contributed by atoms with Crippen molar-refractivity contribution in [3.63, 3.8) is 0 Å². The first-order chi connectivity index (χ1) is 12.2. The Morgan fingerprint density at radius 1 is 0.960 bits per heavy atom. The van der Waals surface area contributed by atoms with E-state index in [4.69, 9.17) is 9.47 Å². The van der Waals surface area contributed by atoms with Crippen LogP contribution in [0.2, 0.25) is 0 Å². The van der Waals surface area contributed by atoms with Crippen molar-refractivity contribution in [3.05, 3.63) is 59.3 Å².